The van der Waals surface area contributed by atoms with E-state index in [-0.39, 0.29) is 5.54 Å². The van der Waals surface area contributed by atoms with Crippen molar-refractivity contribution in [3.05, 3.63) is 0 Å². The number of aliphatic carboxylic acids is 1. The summed E-state index contributed by atoms with van der Waals surface area (Å²) in [6.45, 7) is 10.7. The Morgan fingerprint density at radius 3 is 2.29 bits per heavy atom. The van der Waals surface area contributed by atoms with Crippen molar-refractivity contribution in [3.63, 3.8) is 0 Å². The van der Waals surface area contributed by atoms with Gasteiger partial charge in [0.05, 0.1) is 6.42 Å². The van der Waals surface area contributed by atoms with E-state index < -0.39 is 5.97 Å². The molecule has 3 atom stereocenters. The van der Waals surface area contributed by atoms with Crippen molar-refractivity contribution in [1.29, 1.82) is 0 Å². The molecule has 3 heteroatoms. The number of carboxylic acids is 1. The van der Waals surface area contributed by atoms with Gasteiger partial charge in [-0.25, -0.2) is 0 Å². The minimum Gasteiger partial charge on any atom is -0.481 e. The van der Waals surface area contributed by atoms with Crippen molar-refractivity contribution < 1.29 is 9.90 Å². The quantitative estimate of drug-likeness (QED) is 0.804. The lowest BCUT2D eigenvalue weighted by atomic mass is 9.69. The largest absolute Gasteiger partial charge is 0.481 e. The van der Waals surface area contributed by atoms with Gasteiger partial charge < -0.3 is 5.11 Å². The van der Waals surface area contributed by atoms with Gasteiger partial charge in [-0.3, -0.25) is 9.69 Å². The molecular formula is C14H27NO2. The summed E-state index contributed by atoms with van der Waals surface area (Å²) in [5.74, 6) is 0.704. The van der Waals surface area contributed by atoms with Crippen LogP contribution in [0.15, 0.2) is 0 Å². The van der Waals surface area contributed by atoms with Crippen LogP contribution >= 0.6 is 0 Å². The molecular weight excluding hydrogens is 214 g/mol. The van der Waals surface area contributed by atoms with E-state index in [4.69, 9.17) is 0 Å². The SMILES string of the molecule is CCN(CC)C1(CC(=O)O)CCC(C)C(C)C1. The third-order valence-corrected chi connectivity index (χ3v) is 4.65. The van der Waals surface area contributed by atoms with Crippen molar-refractivity contribution in [3.8, 4) is 0 Å². The lowest BCUT2D eigenvalue weighted by Crippen LogP contribution is -2.53. The maximum absolute atomic E-state index is 11.2. The predicted molar refractivity (Wildman–Crippen MR) is 70.1 cm³/mol. The predicted octanol–water partition coefficient (Wildman–Crippen LogP) is 3.00. The molecule has 1 aliphatic rings. The monoisotopic (exact) mass is 241 g/mol. The fraction of sp³-hybridized carbons (Fsp3) is 0.929. The van der Waals surface area contributed by atoms with Gasteiger partial charge in [-0.1, -0.05) is 27.7 Å². The van der Waals surface area contributed by atoms with E-state index >= 15 is 0 Å². The van der Waals surface area contributed by atoms with Crippen LogP contribution in [0.5, 0.6) is 0 Å². The number of carbonyl (C=O) groups is 1. The summed E-state index contributed by atoms with van der Waals surface area (Å²) in [6, 6.07) is 0. The normalized spacial score (nSPS) is 33.9. The van der Waals surface area contributed by atoms with Gasteiger partial charge in [0.2, 0.25) is 0 Å². The minimum atomic E-state index is -0.654. The Hall–Kier alpha value is -0.570. The third kappa shape index (κ3) is 3.21. The Kier molecular flexibility index (Phi) is 4.99. The van der Waals surface area contributed by atoms with Gasteiger partial charge in [-0.05, 0) is 44.2 Å². The smallest absolute Gasteiger partial charge is 0.305 e. The summed E-state index contributed by atoms with van der Waals surface area (Å²) >= 11 is 0. The molecule has 1 N–H and O–H groups in total. The fourth-order valence-corrected chi connectivity index (χ4v) is 3.42. The van der Waals surface area contributed by atoms with E-state index in [1.54, 1.807) is 0 Å². The Bertz CT molecular complexity index is 263. The maximum Gasteiger partial charge on any atom is 0.305 e. The number of rotatable bonds is 5. The second-order valence-electron chi connectivity index (χ2n) is 5.66. The molecule has 0 spiro atoms. The first kappa shape index (κ1) is 14.5. The van der Waals surface area contributed by atoms with Crippen LogP contribution in [0.4, 0.5) is 0 Å². The van der Waals surface area contributed by atoms with Gasteiger partial charge in [0, 0.05) is 5.54 Å². The molecule has 0 amide bonds. The van der Waals surface area contributed by atoms with Crippen LogP contribution in [0, 0.1) is 11.8 Å². The Labute approximate surface area is 105 Å². The lowest BCUT2D eigenvalue weighted by Gasteiger charge is -2.49. The van der Waals surface area contributed by atoms with E-state index in [1.807, 2.05) is 0 Å². The topological polar surface area (TPSA) is 40.5 Å². The van der Waals surface area contributed by atoms with Gasteiger partial charge in [0.1, 0.15) is 0 Å². The highest BCUT2D eigenvalue weighted by Gasteiger charge is 2.42. The molecule has 0 aliphatic heterocycles. The molecule has 0 aromatic rings. The molecule has 1 saturated carbocycles. The van der Waals surface area contributed by atoms with Crippen LogP contribution in [0.3, 0.4) is 0 Å². The molecule has 0 heterocycles. The van der Waals surface area contributed by atoms with E-state index in [2.05, 4.69) is 32.6 Å². The molecule has 1 fully saturated rings. The summed E-state index contributed by atoms with van der Waals surface area (Å²) in [7, 11) is 0. The average molecular weight is 241 g/mol. The Morgan fingerprint density at radius 1 is 1.29 bits per heavy atom. The molecule has 3 unspecified atom stereocenters. The molecule has 1 rings (SSSR count). The molecule has 100 valence electrons. The van der Waals surface area contributed by atoms with Crippen molar-refractivity contribution >= 4 is 5.97 Å². The van der Waals surface area contributed by atoms with Crippen molar-refractivity contribution in [2.75, 3.05) is 13.1 Å². The second-order valence-corrected chi connectivity index (χ2v) is 5.66. The van der Waals surface area contributed by atoms with Crippen LogP contribution in [0.25, 0.3) is 0 Å². The van der Waals surface area contributed by atoms with Crippen LogP contribution in [0.2, 0.25) is 0 Å². The molecule has 3 nitrogen and oxygen atoms in total. The summed E-state index contributed by atoms with van der Waals surface area (Å²) < 4.78 is 0. The maximum atomic E-state index is 11.2. The van der Waals surface area contributed by atoms with Crippen LogP contribution in [0.1, 0.15) is 53.4 Å². The Morgan fingerprint density at radius 2 is 1.88 bits per heavy atom. The van der Waals surface area contributed by atoms with Crippen molar-refractivity contribution in [1.82, 2.24) is 4.90 Å². The Balaban J connectivity index is 2.89. The highest BCUT2D eigenvalue weighted by Crippen LogP contribution is 2.41. The van der Waals surface area contributed by atoms with E-state index in [0.717, 1.165) is 38.3 Å². The standard InChI is InChI=1S/C14H27NO2/c1-5-15(6-2)14(10-13(16)17)8-7-11(3)12(4)9-14/h11-12H,5-10H2,1-4H3,(H,16,17). The number of hydrogen-bond acceptors (Lipinski definition) is 2. The van der Waals surface area contributed by atoms with Crippen LogP contribution < -0.4 is 0 Å². The average Bonchev–Trinajstić information content (AvgIpc) is 2.25. The number of hydrogen-bond donors (Lipinski definition) is 1. The van der Waals surface area contributed by atoms with Crippen molar-refractivity contribution in [2.45, 2.75) is 58.9 Å². The van der Waals surface area contributed by atoms with Gasteiger partial charge in [0.25, 0.3) is 0 Å². The summed E-state index contributed by atoms with van der Waals surface area (Å²) in [6.07, 6.45) is 3.52. The van der Waals surface area contributed by atoms with E-state index in [1.165, 1.54) is 0 Å². The molecule has 0 aromatic carbocycles. The van der Waals surface area contributed by atoms with Gasteiger partial charge in [-0.15, -0.1) is 0 Å². The van der Waals surface area contributed by atoms with Gasteiger partial charge in [-0.2, -0.15) is 0 Å². The highest BCUT2D eigenvalue weighted by atomic mass is 16.4. The summed E-state index contributed by atoms with van der Waals surface area (Å²) in [5, 5.41) is 9.20. The molecule has 0 aromatic heterocycles. The van der Waals surface area contributed by atoms with E-state index in [9.17, 15) is 9.90 Å². The minimum absolute atomic E-state index is 0.0960. The zero-order valence-electron chi connectivity index (χ0n) is 11.7. The first-order chi connectivity index (χ1) is 7.95. The first-order valence-corrected chi connectivity index (χ1v) is 6.92. The molecule has 1 aliphatic carbocycles. The second kappa shape index (κ2) is 5.85. The zero-order chi connectivity index (χ0) is 13.1. The molecule has 17 heavy (non-hydrogen) atoms. The number of nitrogens with zero attached hydrogens (tertiary/aromatic N) is 1. The molecule has 0 radical (unpaired) electrons. The highest BCUT2D eigenvalue weighted by molar-refractivity contribution is 5.68. The molecule has 0 bridgehead atoms. The van der Waals surface area contributed by atoms with Crippen molar-refractivity contribution in [2.24, 2.45) is 11.8 Å². The summed E-state index contributed by atoms with van der Waals surface area (Å²) in [5.41, 5.74) is -0.0960. The van der Waals surface area contributed by atoms with Gasteiger partial charge in [0.15, 0.2) is 0 Å². The van der Waals surface area contributed by atoms with E-state index in [0.29, 0.717) is 12.3 Å². The lowest BCUT2D eigenvalue weighted by molar-refractivity contribution is -0.142. The van der Waals surface area contributed by atoms with Gasteiger partial charge >= 0.3 is 5.97 Å². The number of carboxylic acid groups (broad SMARTS) is 1. The fourth-order valence-electron chi connectivity index (χ4n) is 3.42. The van der Waals surface area contributed by atoms with Crippen LogP contribution in [-0.2, 0) is 4.79 Å². The molecule has 0 saturated heterocycles. The zero-order valence-corrected chi connectivity index (χ0v) is 11.7. The van der Waals surface area contributed by atoms with Crippen LogP contribution in [-0.4, -0.2) is 34.6 Å². The third-order valence-electron chi connectivity index (χ3n) is 4.65. The summed E-state index contributed by atoms with van der Waals surface area (Å²) in [4.78, 5) is 13.5. The first-order valence-electron chi connectivity index (χ1n) is 6.92.